The van der Waals surface area contributed by atoms with E-state index < -0.39 is 6.04 Å². The van der Waals surface area contributed by atoms with Crippen molar-refractivity contribution in [3.8, 4) is 5.75 Å². The molecule has 0 spiro atoms. The maximum atomic E-state index is 13.8. The van der Waals surface area contributed by atoms with Crippen LogP contribution < -0.4 is 4.74 Å². The molecule has 1 aliphatic carbocycles. The Balaban J connectivity index is 1.68. The van der Waals surface area contributed by atoms with Crippen LogP contribution in [-0.2, 0) is 14.3 Å². The molecule has 0 bridgehead atoms. The molecule has 6 nitrogen and oxygen atoms in total. The maximum Gasteiger partial charge on any atom is 0.290 e. The van der Waals surface area contributed by atoms with Crippen LogP contribution in [0.1, 0.15) is 58.6 Å². The van der Waals surface area contributed by atoms with E-state index in [0.717, 1.165) is 50.2 Å². The summed E-state index contributed by atoms with van der Waals surface area (Å²) >= 11 is 0. The van der Waals surface area contributed by atoms with E-state index in [9.17, 15) is 9.59 Å². The lowest BCUT2D eigenvalue weighted by atomic mass is 9.70. The molecule has 5 unspecified atom stereocenters. The zero-order valence-electron chi connectivity index (χ0n) is 20.7. The molecule has 0 N–H and O–H groups in total. The second kappa shape index (κ2) is 9.88. The molecule has 2 heterocycles. The number of benzene rings is 1. The van der Waals surface area contributed by atoms with E-state index in [2.05, 4.69) is 32.6 Å². The topological polar surface area (TPSA) is 59.1 Å². The number of rotatable bonds is 8. The first-order chi connectivity index (χ1) is 15.9. The van der Waals surface area contributed by atoms with Crippen LogP contribution in [0, 0.1) is 17.8 Å². The van der Waals surface area contributed by atoms with Crippen molar-refractivity contribution in [1.82, 2.24) is 9.80 Å². The summed E-state index contributed by atoms with van der Waals surface area (Å²) < 4.78 is 11.8. The van der Waals surface area contributed by atoms with Gasteiger partial charge >= 0.3 is 0 Å². The van der Waals surface area contributed by atoms with Crippen LogP contribution >= 0.6 is 0 Å². The van der Waals surface area contributed by atoms with Crippen molar-refractivity contribution >= 4 is 11.7 Å². The normalized spacial score (nSPS) is 29.3. The quantitative estimate of drug-likeness (QED) is 0.589. The van der Waals surface area contributed by atoms with E-state index in [4.69, 9.17) is 9.47 Å². The van der Waals surface area contributed by atoms with Gasteiger partial charge in [0.05, 0.1) is 24.6 Å². The van der Waals surface area contributed by atoms with Gasteiger partial charge in [0.15, 0.2) is 11.5 Å². The van der Waals surface area contributed by atoms with Gasteiger partial charge in [0.25, 0.3) is 5.91 Å². The zero-order chi connectivity index (χ0) is 23.7. The van der Waals surface area contributed by atoms with E-state index in [0.29, 0.717) is 29.7 Å². The number of amides is 1. The number of ketones is 1. The lowest BCUT2D eigenvalue weighted by Crippen LogP contribution is -2.43. The van der Waals surface area contributed by atoms with Crippen LogP contribution in [0.25, 0.3) is 0 Å². The van der Waals surface area contributed by atoms with Crippen LogP contribution in [0.2, 0.25) is 0 Å². The summed E-state index contributed by atoms with van der Waals surface area (Å²) in [6, 6.07) is 7.32. The van der Waals surface area contributed by atoms with E-state index in [1.165, 1.54) is 0 Å². The molecule has 4 rings (SSSR count). The van der Waals surface area contributed by atoms with Crippen molar-refractivity contribution in [2.45, 2.75) is 59.1 Å². The molecule has 5 atom stereocenters. The van der Waals surface area contributed by atoms with Crippen LogP contribution in [0.5, 0.6) is 5.75 Å². The molecule has 0 radical (unpaired) electrons. The fourth-order valence-corrected chi connectivity index (χ4v) is 5.70. The zero-order valence-corrected chi connectivity index (χ0v) is 20.7. The van der Waals surface area contributed by atoms with Gasteiger partial charge in [0, 0.05) is 6.54 Å². The molecule has 1 aromatic rings. The first kappa shape index (κ1) is 23.8. The molecule has 1 aromatic carbocycles. The summed E-state index contributed by atoms with van der Waals surface area (Å²) in [6.45, 7) is 12.2. The van der Waals surface area contributed by atoms with Crippen molar-refractivity contribution in [1.29, 1.82) is 0 Å². The maximum absolute atomic E-state index is 13.8. The summed E-state index contributed by atoms with van der Waals surface area (Å²) in [6.07, 6.45) is 2.31. The molecule has 33 heavy (non-hydrogen) atoms. The highest BCUT2D eigenvalue weighted by Crippen LogP contribution is 2.48. The SMILES string of the molecule is CCN(CC)CCCN1C(=O)C2=C(C(=O)C3CC(C)C(C)CC3O2)C1c1cccc(OC)c1. The molecular formula is C27H38N2O4. The Kier molecular flexibility index (Phi) is 7.13. The number of fused-ring (bicyclic) bond motifs is 1. The van der Waals surface area contributed by atoms with Gasteiger partial charge in [-0.05, 0) is 68.4 Å². The molecule has 1 saturated carbocycles. The number of hydrogen-bond acceptors (Lipinski definition) is 5. The van der Waals surface area contributed by atoms with Crippen molar-refractivity contribution in [2.75, 3.05) is 33.3 Å². The molecule has 6 heteroatoms. The Labute approximate surface area is 197 Å². The predicted molar refractivity (Wildman–Crippen MR) is 128 cm³/mol. The Hall–Kier alpha value is -2.34. The predicted octanol–water partition coefficient (Wildman–Crippen LogP) is 4.21. The molecule has 0 saturated heterocycles. The Morgan fingerprint density at radius 1 is 1.12 bits per heavy atom. The minimum absolute atomic E-state index is 0.104. The number of carbonyl (C=O) groups is 2. The van der Waals surface area contributed by atoms with Gasteiger partial charge in [0.1, 0.15) is 11.9 Å². The molecule has 1 fully saturated rings. The van der Waals surface area contributed by atoms with Gasteiger partial charge in [-0.2, -0.15) is 0 Å². The standard InChI is InChI=1S/C27H38N2O4/c1-6-28(7-2)12-9-13-29-24(19-10-8-11-20(16-19)32-5)23-25(30)21-14-17(3)18(4)15-22(21)33-26(23)27(29)31/h8,10-11,16-18,21-22,24H,6-7,9,12-15H2,1-5H3. The molecule has 180 valence electrons. The average molecular weight is 455 g/mol. The summed E-state index contributed by atoms with van der Waals surface area (Å²) in [5.41, 5.74) is 1.46. The fourth-order valence-electron chi connectivity index (χ4n) is 5.70. The van der Waals surface area contributed by atoms with Gasteiger partial charge in [-0.1, -0.05) is 39.8 Å². The van der Waals surface area contributed by atoms with Crippen molar-refractivity contribution in [2.24, 2.45) is 17.8 Å². The highest BCUT2D eigenvalue weighted by Gasteiger charge is 2.53. The summed E-state index contributed by atoms with van der Waals surface area (Å²) in [7, 11) is 1.63. The molecule has 0 aromatic heterocycles. The fraction of sp³-hybridized carbons (Fsp3) is 0.630. The first-order valence-corrected chi connectivity index (χ1v) is 12.5. The summed E-state index contributed by atoms with van der Waals surface area (Å²) in [5.74, 6) is 1.77. The number of Topliss-reactive ketones (excluding diaryl/α,β-unsaturated/α-hetero) is 1. The lowest BCUT2D eigenvalue weighted by molar-refractivity contribution is -0.137. The Bertz CT molecular complexity index is 922. The summed E-state index contributed by atoms with van der Waals surface area (Å²) in [5, 5.41) is 0. The Morgan fingerprint density at radius 2 is 1.85 bits per heavy atom. The molecule has 3 aliphatic rings. The second-order valence-corrected chi connectivity index (χ2v) is 9.85. The van der Waals surface area contributed by atoms with Crippen LogP contribution in [0.4, 0.5) is 0 Å². The van der Waals surface area contributed by atoms with Gasteiger partial charge in [-0.25, -0.2) is 0 Å². The van der Waals surface area contributed by atoms with Crippen LogP contribution in [0.3, 0.4) is 0 Å². The van der Waals surface area contributed by atoms with E-state index in [1.807, 2.05) is 29.2 Å². The van der Waals surface area contributed by atoms with Crippen molar-refractivity contribution < 1.29 is 19.1 Å². The second-order valence-electron chi connectivity index (χ2n) is 9.85. The highest BCUT2D eigenvalue weighted by molar-refractivity contribution is 6.11. The van der Waals surface area contributed by atoms with Gasteiger partial charge in [-0.3, -0.25) is 9.59 Å². The largest absolute Gasteiger partial charge is 0.497 e. The van der Waals surface area contributed by atoms with E-state index in [-0.39, 0.29) is 23.7 Å². The lowest BCUT2D eigenvalue weighted by Gasteiger charge is -2.40. The summed E-state index contributed by atoms with van der Waals surface area (Å²) in [4.78, 5) is 31.7. The van der Waals surface area contributed by atoms with Gasteiger partial charge in [0.2, 0.25) is 0 Å². The molecular weight excluding hydrogens is 416 g/mol. The smallest absolute Gasteiger partial charge is 0.290 e. The third kappa shape index (κ3) is 4.42. The highest BCUT2D eigenvalue weighted by atomic mass is 16.5. The van der Waals surface area contributed by atoms with Crippen molar-refractivity contribution in [3.05, 3.63) is 41.2 Å². The Morgan fingerprint density at radius 3 is 2.55 bits per heavy atom. The van der Waals surface area contributed by atoms with Gasteiger partial charge in [-0.15, -0.1) is 0 Å². The van der Waals surface area contributed by atoms with Crippen LogP contribution in [0.15, 0.2) is 35.6 Å². The number of ether oxygens (including phenoxy) is 2. The van der Waals surface area contributed by atoms with Crippen LogP contribution in [-0.4, -0.2) is 60.9 Å². The minimum Gasteiger partial charge on any atom is -0.497 e. The van der Waals surface area contributed by atoms with E-state index in [1.54, 1.807) is 7.11 Å². The van der Waals surface area contributed by atoms with Gasteiger partial charge < -0.3 is 19.3 Å². The number of carbonyl (C=O) groups excluding carboxylic acids is 2. The third-order valence-electron chi connectivity index (χ3n) is 7.98. The average Bonchev–Trinajstić information content (AvgIpc) is 3.10. The minimum atomic E-state index is -0.414. The molecule has 2 aliphatic heterocycles. The third-order valence-corrected chi connectivity index (χ3v) is 7.98. The molecule has 1 amide bonds. The number of hydrogen-bond donors (Lipinski definition) is 0. The van der Waals surface area contributed by atoms with E-state index >= 15 is 0 Å². The van der Waals surface area contributed by atoms with Crippen molar-refractivity contribution in [3.63, 3.8) is 0 Å². The first-order valence-electron chi connectivity index (χ1n) is 12.5. The monoisotopic (exact) mass is 454 g/mol. The number of methoxy groups -OCH3 is 1. The number of nitrogens with zero attached hydrogens (tertiary/aromatic N) is 2.